The highest BCUT2D eigenvalue weighted by atomic mass is 16.5. The normalized spacial score (nSPS) is 17.5. The molecule has 2 aromatic rings. The number of fused-ring (bicyclic) bond motifs is 1. The predicted molar refractivity (Wildman–Crippen MR) is 83.5 cm³/mol. The summed E-state index contributed by atoms with van der Waals surface area (Å²) >= 11 is 0. The van der Waals surface area contributed by atoms with Crippen LogP contribution in [0.5, 0.6) is 0 Å². The Balaban J connectivity index is 1.67. The lowest BCUT2D eigenvalue weighted by molar-refractivity contribution is -0.136. The van der Waals surface area contributed by atoms with Crippen LogP contribution in [0.25, 0.3) is 5.65 Å². The number of methoxy groups -OCH3 is 1. The van der Waals surface area contributed by atoms with Gasteiger partial charge in [-0.15, -0.1) is 0 Å². The number of hydrogen-bond acceptors (Lipinski definition) is 4. The van der Waals surface area contributed by atoms with Crippen LogP contribution in [0.1, 0.15) is 18.4 Å². The molecule has 0 saturated carbocycles. The highest BCUT2D eigenvalue weighted by Gasteiger charge is 2.39. The summed E-state index contributed by atoms with van der Waals surface area (Å²) in [5.74, 6) is 0.0825. The van der Waals surface area contributed by atoms with Crippen LogP contribution < -0.4 is 10.6 Å². The molecule has 6 nitrogen and oxygen atoms in total. The molecule has 0 bridgehead atoms. The van der Waals surface area contributed by atoms with Crippen molar-refractivity contribution in [1.82, 2.24) is 20.0 Å². The standard InChI is InChI=1S/C16H22N4O2/c1-22-12-16(3-5-17-6-4-16)15(21)19-11-13-2-8-20-9-7-18-14(20)10-13/h2,7-10,17H,3-6,11-12H2,1H3,(H,19,21). The van der Waals surface area contributed by atoms with Crippen molar-refractivity contribution in [1.29, 1.82) is 0 Å². The molecule has 0 atom stereocenters. The van der Waals surface area contributed by atoms with Gasteiger partial charge in [0.25, 0.3) is 0 Å². The molecule has 1 aliphatic rings. The van der Waals surface area contributed by atoms with E-state index in [4.69, 9.17) is 4.74 Å². The van der Waals surface area contributed by atoms with Crippen molar-refractivity contribution in [2.45, 2.75) is 19.4 Å². The number of nitrogens with one attached hydrogen (secondary N) is 2. The second-order valence-electron chi connectivity index (χ2n) is 5.87. The minimum Gasteiger partial charge on any atom is -0.384 e. The Kier molecular flexibility index (Phi) is 4.40. The maximum atomic E-state index is 12.7. The maximum Gasteiger partial charge on any atom is 0.228 e. The van der Waals surface area contributed by atoms with Crippen molar-refractivity contribution in [2.24, 2.45) is 5.41 Å². The van der Waals surface area contributed by atoms with E-state index in [-0.39, 0.29) is 5.91 Å². The fourth-order valence-electron chi connectivity index (χ4n) is 3.05. The Hall–Kier alpha value is -1.92. The largest absolute Gasteiger partial charge is 0.384 e. The summed E-state index contributed by atoms with van der Waals surface area (Å²) in [5.41, 5.74) is 1.53. The lowest BCUT2D eigenvalue weighted by atomic mass is 9.78. The first kappa shape index (κ1) is 15.0. The van der Waals surface area contributed by atoms with Crippen molar-refractivity contribution in [2.75, 3.05) is 26.8 Å². The summed E-state index contributed by atoms with van der Waals surface area (Å²) in [4.78, 5) is 16.9. The van der Waals surface area contributed by atoms with Crippen LogP contribution in [0.2, 0.25) is 0 Å². The molecule has 118 valence electrons. The van der Waals surface area contributed by atoms with E-state index in [9.17, 15) is 4.79 Å². The fraction of sp³-hybridized carbons (Fsp3) is 0.500. The first-order valence-corrected chi connectivity index (χ1v) is 7.63. The number of pyridine rings is 1. The number of carbonyl (C=O) groups is 1. The molecule has 3 heterocycles. The minimum absolute atomic E-state index is 0.0825. The van der Waals surface area contributed by atoms with Crippen LogP contribution in [-0.2, 0) is 16.1 Å². The van der Waals surface area contributed by atoms with E-state index < -0.39 is 5.41 Å². The van der Waals surface area contributed by atoms with E-state index in [1.165, 1.54) is 0 Å². The maximum absolute atomic E-state index is 12.7. The van der Waals surface area contributed by atoms with E-state index in [1.54, 1.807) is 13.3 Å². The molecule has 0 spiro atoms. The van der Waals surface area contributed by atoms with Crippen LogP contribution in [0.4, 0.5) is 0 Å². The predicted octanol–water partition coefficient (Wildman–Crippen LogP) is 0.967. The third kappa shape index (κ3) is 2.98. The number of piperidine rings is 1. The van der Waals surface area contributed by atoms with Gasteiger partial charge in [-0.3, -0.25) is 4.79 Å². The molecule has 0 aliphatic carbocycles. The Labute approximate surface area is 129 Å². The number of imidazole rings is 1. The molecule has 0 aromatic carbocycles. The molecule has 3 rings (SSSR count). The smallest absolute Gasteiger partial charge is 0.228 e. The van der Waals surface area contributed by atoms with Gasteiger partial charge >= 0.3 is 0 Å². The van der Waals surface area contributed by atoms with Crippen LogP contribution in [0, 0.1) is 5.41 Å². The lowest BCUT2D eigenvalue weighted by Crippen LogP contribution is -2.49. The Morgan fingerprint density at radius 3 is 3.05 bits per heavy atom. The van der Waals surface area contributed by atoms with E-state index in [0.29, 0.717) is 13.2 Å². The third-order valence-electron chi connectivity index (χ3n) is 4.38. The second-order valence-corrected chi connectivity index (χ2v) is 5.87. The molecule has 1 aliphatic heterocycles. The third-order valence-corrected chi connectivity index (χ3v) is 4.38. The van der Waals surface area contributed by atoms with Gasteiger partial charge in [-0.05, 0) is 43.6 Å². The van der Waals surface area contributed by atoms with Gasteiger partial charge in [0.05, 0.1) is 12.0 Å². The number of rotatable bonds is 5. The van der Waals surface area contributed by atoms with Gasteiger partial charge in [-0.1, -0.05) is 0 Å². The molecule has 1 amide bonds. The van der Waals surface area contributed by atoms with Gasteiger partial charge in [-0.25, -0.2) is 4.98 Å². The summed E-state index contributed by atoms with van der Waals surface area (Å²) in [5, 5.41) is 6.36. The molecule has 0 radical (unpaired) electrons. The van der Waals surface area contributed by atoms with Crippen molar-refractivity contribution < 1.29 is 9.53 Å². The SMILES string of the molecule is COCC1(C(=O)NCc2ccn3ccnc3c2)CCNCC1. The zero-order valence-electron chi connectivity index (χ0n) is 12.8. The number of nitrogens with zero attached hydrogens (tertiary/aromatic N) is 2. The molecular weight excluding hydrogens is 280 g/mol. The average molecular weight is 302 g/mol. The van der Waals surface area contributed by atoms with Gasteiger partial charge in [0.2, 0.25) is 5.91 Å². The molecule has 1 saturated heterocycles. The topological polar surface area (TPSA) is 67.7 Å². The van der Waals surface area contributed by atoms with E-state index in [2.05, 4.69) is 15.6 Å². The quantitative estimate of drug-likeness (QED) is 0.863. The second kappa shape index (κ2) is 6.46. The first-order chi connectivity index (χ1) is 10.7. The monoisotopic (exact) mass is 302 g/mol. The lowest BCUT2D eigenvalue weighted by Gasteiger charge is -2.35. The van der Waals surface area contributed by atoms with Gasteiger partial charge in [-0.2, -0.15) is 0 Å². The number of ether oxygens (including phenoxy) is 1. The Bertz CT molecular complexity index is 641. The number of amides is 1. The van der Waals surface area contributed by atoms with Crippen molar-refractivity contribution in [3.8, 4) is 0 Å². The minimum atomic E-state index is -0.405. The Morgan fingerprint density at radius 2 is 2.27 bits per heavy atom. The molecule has 6 heteroatoms. The molecular formula is C16H22N4O2. The molecule has 2 aromatic heterocycles. The summed E-state index contributed by atoms with van der Waals surface area (Å²) < 4.78 is 7.25. The van der Waals surface area contributed by atoms with Crippen molar-refractivity contribution >= 4 is 11.6 Å². The number of carbonyl (C=O) groups excluding carboxylic acids is 1. The zero-order valence-corrected chi connectivity index (χ0v) is 12.8. The first-order valence-electron chi connectivity index (χ1n) is 7.63. The summed E-state index contributed by atoms with van der Waals surface area (Å²) in [6.07, 6.45) is 7.25. The summed E-state index contributed by atoms with van der Waals surface area (Å²) in [6, 6.07) is 3.99. The molecule has 22 heavy (non-hydrogen) atoms. The van der Waals surface area contributed by atoms with Gasteiger partial charge in [0.15, 0.2) is 0 Å². The van der Waals surface area contributed by atoms with E-state index in [1.807, 2.05) is 28.9 Å². The van der Waals surface area contributed by atoms with Crippen molar-refractivity contribution in [3.63, 3.8) is 0 Å². The van der Waals surface area contributed by atoms with Crippen molar-refractivity contribution in [3.05, 3.63) is 36.3 Å². The molecule has 1 fully saturated rings. The molecule has 0 unspecified atom stereocenters. The van der Waals surface area contributed by atoms with Gasteiger partial charge in [0.1, 0.15) is 5.65 Å². The summed E-state index contributed by atoms with van der Waals surface area (Å²) in [7, 11) is 1.66. The van der Waals surface area contributed by atoms with E-state index in [0.717, 1.165) is 37.1 Å². The van der Waals surface area contributed by atoms with Gasteiger partial charge in [0, 0.05) is 32.2 Å². The van der Waals surface area contributed by atoms with E-state index >= 15 is 0 Å². The van der Waals surface area contributed by atoms with Crippen LogP contribution in [0.15, 0.2) is 30.7 Å². The van der Waals surface area contributed by atoms with Crippen LogP contribution in [0.3, 0.4) is 0 Å². The van der Waals surface area contributed by atoms with Gasteiger partial charge < -0.3 is 19.8 Å². The highest BCUT2D eigenvalue weighted by Crippen LogP contribution is 2.29. The number of hydrogen-bond donors (Lipinski definition) is 2. The Morgan fingerprint density at radius 1 is 1.45 bits per heavy atom. The van der Waals surface area contributed by atoms with Crippen LogP contribution >= 0.6 is 0 Å². The highest BCUT2D eigenvalue weighted by molar-refractivity contribution is 5.83. The average Bonchev–Trinajstić information content (AvgIpc) is 3.01. The fourth-order valence-corrected chi connectivity index (χ4v) is 3.05. The van der Waals surface area contributed by atoms with Crippen LogP contribution in [-0.4, -0.2) is 42.1 Å². The zero-order chi connectivity index (χ0) is 15.4. The number of aromatic nitrogens is 2. The summed E-state index contributed by atoms with van der Waals surface area (Å²) in [6.45, 7) is 2.70. The molecule has 2 N–H and O–H groups in total.